The molecule has 0 aromatic heterocycles. The van der Waals surface area contributed by atoms with Crippen molar-refractivity contribution in [2.75, 3.05) is 7.11 Å². The van der Waals surface area contributed by atoms with Crippen LogP contribution < -0.4 is 4.74 Å². The molecule has 0 unspecified atom stereocenters. The molecule has 0 bridgehead atoms. The largest absolute Gasteiger partial charge is 0.486 e. The number of aryl methyl sites for hydroxylation is 1. The Morgan fingerprint density at radius 3 is 2.57 bits per heavy atom. The van der Waals surface area contributed by atoms with Gasteiger partial charge in [-0.1, -0.05) is 41.4 Å². The van der Waals surface area contributed by atoms with Crippen LogP contribution >= 0.6 is 27.5 Å². The van der Waals surface area contributed by atoms with Gasteiger partial charge in [-0.2, -0.15) is 0 Å². The molecule has 120 valence electrons. The average molecular weight is 396 g/mol. The van der Waals surface area contributed by atoms with Crippen LogP contribution in [0.15, 0.2) is 46.9 Å². The number of ether oxygens (including phenoxy) is 2. The van der Waals surface area contributed by atoms with Crippen LogP contribution in [-0.2, 0) is 16.1 Å². The summed E-state index contributed by atoms with van der Waals surface area (Å²) in [5.74, 6) is 0.152. The molecule has 0 radical (unpaired) electrons. The maximum atomic E-state index is 11.1. The van der Waals surface area contributed by atoms with Crippen LogP contribution in [0.2, 0.25) is 5.02 Å². The summed E-state index contributed by atoms with van der Waals surface area (Å²) in [6, 6.07) is 11.7. The molecule has 2 aromatic carbocycles. The number of methoxy groups -OCH3 is 1. The van der Waals surface area contributed by atoms with Crippen LogP contribution in [-0.4, -0.2) is 13.1 Å². The SMILES string of the molecule is COC(=O)/C=C/c1cc(Cl)c(OCc2ccc(C)cc2)c(Br)c1. The second-order valence-corrected chi connectivity index (χ2v) is 6.21. The van der Waals surface area contributed by atoms with Gasteiger partial charge in [0.05, 0.1) is 16.6 Å². The number of carbonyl (C=O) groups excluding carboxylic acids is 1. The first kappa shape index (κ1) is 17.6. The highest BCUT2D eigenvalue weighted by Gasteiger charge is 2.09. The number of benzene rings is 2. The minimum Gasteiger partial charge on any atom is -0.486 e. The fraction of sp³-hybridized carbons (Fsp3) is 0.167. The topological polar surface area (TPSA) is 35.5 Å². The maximum absolute atomic E-state index is 11.1. The predicted octanol–water partition coefficient (Wildman–Crippen LogP) is 5.18. The summed E-state index contributed by atoms with van der Waals surface area (Å²) in [5.41, 5.74) is 3.04. The molecule has 0 N–H and O–H groups in total. The molecule has 2 aromatic rings. The average Bonchev–Trinajstić information content (AvgIpc) is 2.53. The molecule has 0 spiro atoms. The van der Waals surface area contributed by atoms with Crippen LogP contribution in [0.3, 0.4) is 0 Å². The normalized spacial score (nSPS) is 10.8. The molecule has 0 heterocycles. The summed E-state index contributed by atoms with van der Waals surface area (Å²) in [6.45, 7) is 2.47. The Morgan fingerprint density at radius 2 is 1.96 bits per heavy atom. The summed E-state index contributed by atoms with van der Waals surface area (Å²) in [6.07, 6.45) is 2.97. The summed E-state index contributed by atoms with van der Waals surface area (Å²) < 4.78 is 11.1. The highest BCUT2D eigenvalue weighted by atomic mass is 79.9. The van der Waals surface area contributed by atoms with E-state index in [0.29, 0.717) is 17.4 Å². The van der Waals surface area contributed by atoms with Crippen LogP contribution in [0, 0.1) is 6.92 Å². The molecule has 0 saturated heterocycles. The van der Waals surface area contributed by atoms with Crippen molar-refractivity contribution in [3.05, 3.63) is 68.7 Å². The molecule has 0 atom stereocenters. The van der Waals surface area contributed by atoms with Crippen LogP contribution in [0.4, 0.5) is 0 Å². The van der Waals surface area contributed by atoms with E-state index in [9.17, 15) is 4.79 Å². The zero-order chi connectivity index (χ0) is 16.8. The number of halogens is 2. The van der Waals surface area contributed by atoms with Gasteiger partial charge >= 0.3 is 5.97 Å². The van der Waals surface area contributed by atoms with E-state index < -0.39 is 5.97 Å². The summed E-state index contributed by atoms with van der Waals surface area (Å²) in [7, 11) is 1.33. The minimum atomic E-state index is -0.419. The molecule has 3 nitrogen and oxygen atoms in total. The monoisotopic (exact) mass is 394 g/mol. The van der Waals surface area contributed by atoms with Gasteiger partial charge < -0.3 is 9.47 Å². The quantitative estimate of drug-likeness (QED) is 0.517. The van der Waals surface area contributed by atoms with Gasteiger partial charge in [-0.15, -0.1) is 0 Å². The van der Waals surface area contributed by atoms with Crippen LogP contribution in [0.25, 0.3) is 6.08 Å². The first-order valence-electron chi connectivity index (χ1n) is 6.93. The van der Waals surface area contributed by atoms with Gasteiger partial charge in [0.15, 0.2) is 5.75 Å². The standard InChI is InChI=1S/C18H16BrClO3/c1-12-3-5-13(6-4-12)11-23-18-15(19)9-14(10-16(18)20)7-8-17(21)22-2/h3-10H,11H2,1-2H3/b8-7+. The third kappa shape index (κ3) is 5.12. The van der Waals surface area contributed by atoms with Crippen molar-refractivity contribution in [3.63, 3.8) is 0 Å². The molecule has 0 aliphatic heterocycles. The molecule has 0 aliphatic rings. The van der Waals surface area contributed by atoms with Gasteiger partial charge in [-0.25, -0.2) is 4.79 Å². The Bertz CT molecular complexity index is 701. The van der Waals surface area contributed by atoms with E-state index in [2.05, 4.69) is 20.7 Å². The lowest BCUT2D eigenvalue weighted by atomic mass is 10.1. The smallest absolute Gasteiger partial charge is 0.330 e. The van der Waals surface area contributed by atoms with Crippen molar-refractivity contribution < 1.29 is 14.3 Å². The van der Waals surface area contributed by atoms with Crippen molar-refractivity contribution in [1.82, 2.24) is 0 Å². The first-order valence-corrected chi connectivity index (χ1v) is 8.10. The second kappa shape index (κ2) is 8.18. The Labute approximate surface area is 149 Å². The molecule has 0 saturated carbocycles. The lowest BCUT2D eigenvalue weighted by Crippen LogP contribution is -1.97. The Balaban J connectivity index is 2.12. The summed E-state index contributed by atoms with van der Waals surface area (Å²) >= 11 is 9.72. The van der Waals surface area contributed by atoms with Crippen molar-refractivity contribution in [3.8, 4) is 5.75 Å². The first-order chi connectivity index (χ1) is 11.0. The van der Waals surface area contributed by atoms with Gasteiger partial charge in [0.25, 0.3) is 0 Å². The van der Waals surface area contributed by atoms with Gasteiger partial charge in [-0.05, 0) is 52.2 Å². The third-order valence-corrected chi connectivity index (χ3v) is 4.01. The number of carbonyl (C=O) groups is 1. The number of hydrogen-bond donors (Lipinski definition) is 0. The summed E-state index contributed by atoms with van der Waals surface area (Å²) in [5, 5.41) is 0.469. The van der Waals surface area contributed by atoms with E-state index >= 15 is 0 Å². The highest BCUT2D eigenvalue weighted by molar-refractivity contribution is 9.10. The van der Waals surface area contributed by atoms with E-state index in [1.165, 1.54) is 18.7 Å². The van der Waals surface area contributed by atoms with Crippen molar-refractivity contribution in [2.24, 2.45) is 0 Å². The van der Waals surface area contributed by atoms with Gasteiger partial charge in [0, 0.05) is 6.08 Å². The molecule has 0 fully saturated rings. The van der Waals surface area contributed by atoms with Crippen molar-refractivity contribution in [1.29, 1.82) is 0 Å². The number of rotatable bonds is 5. The van der Waals surface area contributed by atoms with Gasteiger partial charge in [-0.3, -0.25) is 0 Å². The van der Waals surface area contributed by atoms with E-state index in [-0.39, 0.29) is 0 Å². The third-order valence-electron chi connectivity index (χ3n) is 3.14. The minimum absolute atomic E-state index is 0.419. The van der Waals surface area contributed by atoms with Gasteiger partial charge in [0.2, 0.25) is 0 Å². The molecule has 0 aliphatic carbocycles. The van der Waals surface area contributed by atoms with E-state index in [1.807, 2.05) is 37.3 Å². The second-order valence-electron chi connectivity index (χ2n) is 4.94. The molecule has 2 rings (SSSR count). The Hall–Kier alpha value is -1.78. The predicted molar refractivity (Wildman–Crippen MR) is 95.7 cm³/mol. The van der Waals surface area contributed by atoms with Crippen molar-refractivity contribution in [2.45, 2.75) is 13.5 Å². The Kier molecular flexibility index (Phi) is 6.25. The zero-order valence-corrected chi connectivity index (χ0v) is 15.1. The number of hydrogen-bond acceptors (Lipinski definition) is 3. The van der Waals surface area contributed by atoms with E-state index in [1.54, 1.807) is 12.1 Å². The fourth-order valence-electron chi connectivity index (χ4n) is 1.89. The highest BCUT2D eigenvalue weighted by Crippen LogP contribution is 2.35. The molecular formula is C18H16BrClO3. The van der Waals surface area contributed by atoms with Crippen LogP contribution in [0.1, 0.15) is 16.7 Å². The van der Waals surface area contributed by atoms with Gasteiger partial charge in [0.1, 0.15) is 6.61 Å². The fourth-order valence-corrected chi connectivity index (χ4v) is 2.87. The summed E-state index contributed by atoms with van der Waals surface area (Å²) in [4.78, 5) is 11.1. The molecule has 23 heavy (non-hydrogen) atoms. The maximum Gasteiger partial charge on any atom is 0.330 e. The molecule has 0 amide bonds. The lowest BCUT2D eigenvalue weighted by molar-refractivity contribution is -0.134. The molecular weight excluding hydrogens is 380 g/mol. The Morgan fingerprint density at radius 1 is 1.26 bits per heavy atom. The van der Waals surface area contributed by atoms with E-state index in [0.717, 1.165) is 15.6 Å². The zero-order valence-electron chi connectivity index (χ0n) is 12.8. The van der Waals surface area contributed by atoms with E-state index in [4.69, 9.17) is 16.3 Å². The lowest BCUT2D eigenvalue weighted by Gasteiger charge is -2.11. The van der Waals surface area contributed by atoms with Crippen LogP contribution in [0.5, 0.6) is 5.75 Å². The molecule has 5 heteroatoms. The van der Waals surface area contributed by atoms with Crippen molar-refractivity contribution >= 4 is 39.6 Å². The number of esters is 1.